The summed E-state index contributed by atoms with van der Waals surface area (Å²) < 4.78 is 28.1. The summed E-state index contributed by atoms with van der Waals surface area (Å²) in [5, 5.41) is 13.6. The van der Waals surface area contributed by atoms with E-state index in [1.807, 2.05) is 30.3 Å². The predicted octanol–water partition coefficient (Wildman–Crippen LogP) is 2.97. The molecule has 1 atom stereocenters. The first-order valence-electron chi connectivity index (χ1n) is 9.50. The highest BCUT2D eigenvalue weighted by molar-refractivity contribution is 7.89. The van der Waals surface area contributed by atoms with Gasteiger partial charge in [-0.25, -0.2) is 8.42 Å². The topological polar surface area (TPSA) is 118 Å². The van der Waals surface area contributed by atoms with Crippen LogP contribution in [-0.2, 0) is 21.2 Å². The lowest BCUT2D eigenvalue weighted by Crippen LogP contribution is -2.41. The summed E-state index contributed by atoms with van der Waals surface area (Å²) in [6.45, 7) is 0.339. The number of hydrogen-bond donors (Lipinski definition) is 2. The number of amides is 1. The van der Waals surface area contributed by atoms with Crippen LogP contribution in [0.5, 0.6) is 0 Å². The van der Waals surface area contributed by atoms with Gasteiger partial charge in [-0.1, -0.05) is 60.7 Å². The lowest BCUT2D eigenvalue weighted by atomic mass is 10.1. The Morgan fingerprint density at radius 1 is 0.903 bits per heavy atom. The molecule has 0 aliphatic rings. The second-order valence-corrected chi connectivity index (χ2v) is 8.46. The van der Waals surface area contributed by atoms with Crippen LogP contribution in [0.4, 0.5) is 5.69 Å². The van der Waals surface area contributed by atoms with Crippen molar-refractivity contribution >= 4 is 21.6 Å². The number of nitro groups is 1. The Bertz CT molecular complexity index is 1130. The average Bonchev–Trinajstić information content (AvgIpc) is 2.79. The molecule has 1 amide bonds. The van der Waals surface area contributed by atoms with Gasteiger partial charge in [-0.15, -0.1) is 0 Å². The number of nitrogens with one attached hydrogen (secondary N) is 2. The average molecular weight is 439 g/mol. The number of carbonyl (C=O) groups is 1. The Kier molecular flexibility index (Phi) is 7.11. The molecule has 3 aromatic carbocycles. The second kappa shape index (κ2) is 9.96. The maximum atomic E-state index is 12.9. The van der Waals surface area contributed by atoms with E-state index < -0.39 is 26.9 Å². The van der Waals surface area contributed by atoms with Gasteiger partial charge in [-0.3, -0.25) is 14.9 Å². The summed E-state index contributed by atoms with van der Waals surface area (Å²) in [6, 6.07) is 21.4. The van der Waals surface area contributed by atoms with Crippen molar-refractivity contribution in [1.29, 1.82) is 0 Å². The summed E-state index contributed by atoms with van der Waals surface area (Å²) >= 11 is 0. The Labute approximate surface area is 180 Å². The van der Waals surface area contributed by atoms with Crippen LogP contribution in [0.1, 0.15) is 17.2 Å². The number of carbonyl (C=O) groups excluding carboxylic acids is 1. The van der Waals surface area contributed by atoms with Crippen LogP contribution in [0.15, 0.2) is 89.8 Å². The van der Waals surface area contributed by atoms with E-state index in [0.717, 1.165) is 29.8 Å². The third-order valence-electron chi connectivity index (χ3n) is 4.58. The molecule has 8 nitrogen and oxygen atoms in total. The zero-order valence-corrected chi connectivity index (χ0v) is 17.3. The third kappa shape index (κ3) is 5.97. The van der Waals surface area contributed by atoms with Crippen LogP contribution in [0.25, 0.3) is 0 Å². The van der Waals surface area contributed by atoms with Crippen molar-refractivity contribution in [2.24, 2.45) is 0 Å². The second-order valence-electron chi connectivity index (χ2n) is 6.74. The first-order valence-corrected chi connectivity index (χ1v) is 11.0. The molecule has 0 saturated carbocycles. The Balaban J connectivity index is 1.77. The Morgan fingerprint density at radius 3 is 2.06 bits per heavy atom. The van der Waals surface area contributed by atoms with E-state index in [9.17, 15) is 23.3 Å². The van der Waals surface area contributed by atoms with E-state index in [1.54, 1.807) is 30.3 Å². The maximum Gasteiger partial charge on any atom is 0.269 e. The highest BCUT2D eigenvalue weighted by Gasteiger charge is 2.27. The summed E-state index contributed by atoms with van der Waals surface area (Å²) in [7, 11) is -4.11. The molecule has 160 valence electrons. The summed E-state index contributed by atoms with van der Waals surface area (Å²) in [5.74, 6) is -0.493. The normalized spacial score (nSPS) is 12.1. The fraction of sp³-hybridized carbons (Fsp3) is 0.136. The van der Waals surface area contributed by atoms with Crippen LogP contribution in [-0.4, -0.2) is 25.8 Å². The first kappa shape index (κ1) is 22.1. The lowest BCUT2D eigenvalue weighted by molar-refractivity contribution is -0.384. The zero-order valence-electron chi connectivity index (χ0n) is 16.5. The van der Waals surface area contributed by atoms with Crippen molar-refractivity contribution in [3.05, 3.63) is 106 Å². The zero-order chi connectivity index (χ0) is 22.3. The number of nitrogens with zero attached hydrogens (tertiary/aromatic N) is 1. The van der Waals surface area contributed by atoms with Crippen molar-refractivity contribution in [2.45, 2.75) is 17.4 Å². The van der Waals surface area contributed by atoms with Crippen LogP contribution < -0.4 is 10.0 Å². The van der Waals surface area contributed by atoms with Crippen molar-refractivity contribution in [3.63, 3.8) is 0 Å². The summed E-state index contributed by atoms with van der Waals surface area (Å²) in [6.07, 6.45) is 0.600. The summed E-state index contributed by atoms with van der Waals surface area (Å²) in [5.41, 5.74) is 1.30. The fourth-order valence-corrected chi connectivity index (χ4v) is 4.15. The molecule has 9 heteroatoms. The minimum absolute atomic E-state index is 0.170. The first-order chi connectivity index (χ1) is 14.9. The van der Waals surface area contributed by atoms with E-state index in [1.165, 1.54) is 0 Å². The quantitative estimate of drug-likeness (QED) is 0.392. The number of benzene rings is 3. The number of hydrogen-bond acceptors (Lipinski definition) is 5. The molecule has 3 aromatic rings. The van der Waals surface area contributed by atoms with E-state index in [-0.39, 0.29) is 10.6 Å². The molecule has 0 aromatic heterocycles. The molecular formula is C22H21N3O5S. The van der Waals surface area contributed by atoms with Crippen LogP contribution in [0, 0.1) is 10.1 Å². The largest absolute Gasteiger partial charge is 0.354 e. The van der Waals surface area contributed by atoms with Gasteiger partial charge in [0.05, 0.1) is 9.82 Å². The highest BCUT2D eigenvalue weighted by Crippen LogP contribution is 2.20. The molecular weight excluding hydrogens is 418 g/mol. The Morgan fingerprint density at radius 2 is 1.48 bits per heavy atom. The van der Waals surface area contributed by atoms with Gasteiger partial charge in [0.2, 0.25) is 15.9 Å². The molecule has 2 N–H and O–H groups in total. The number of rotatable bonds is 9. The molecule has 0 heterocycles. The maximum absolute atomic E-state index is 12.9. The highest BCUT2D eigenvalue weighted by atomic mass is 32.2. The van der Waals surface area contributed by atoms with E-state index in [2.05, 4.69) is 10.0 Å². The molecule has 0 aliphatic heterocycles. The van der Waals surface area contributed by atoms with Gasteiger partial charge in [0.1, 0.15) is 6.04 Å². The van der Waals surface area contributed by atoms with Crippen molar-refractivity contribution < 1.29 is 18.1 Å². The molecule has 1 unspecified atom stereocenters. The van der Waals surface area contributed by atoms with Gasteiger partial charge >= 0.3 is 0 Å². The van der Waals surface area contributed by atoms with E-state index in [0.29, 0.717) is 18.5 Å². The van der Waals surface area contributed by atoms with E-state index >= 15 is 0 Å². The van der Waals surface area contributed by atoms with Crippen LogP contribution >= 0.6 is 0 Å². The van der Waals surface area contributed by atoms with Gasteiger partial charge < -0.3 is 5.32 Å². The van der Waals surface area contributed by atoms with Gasteiger partial charge in [-0.05, 0) is 29.7 Å². The summed E-state index contributed by atoms with van der Waals surface area (Å²) in [4.78, 5) is 22.9. The lowest BCUT2D eigenvalue weighted by Gasteiger charge is -2.19. The van der Waals surface area contributed by atoms with Crippen molar-refractivity contribution in [2.75, 3.05) is 6.54 Å². The number of nitro benzene ring substituents is 1. The molecule has 0 radical (unpaired) electrons. The molecule has 3 rings (SSSR count). The predicted molar refractivity (Wildman–Crippen MR) is 116 cm³/mol. The molecule has 31 heavy (non-hydrogen) atoms. The SMILES string of the molecule is O=C(NCCc1ccccc1)C(NS(=O)(=O)c1ccc([N+](=O)[O-])cc1)c1ccccc1. The molecule has 0 fully saturated rings. The van der Waals surface area contributed by atoms with Gasteiger partial charge in [0, 0.05) is 18.7 Å². The standard InChI is InChI=1S/C22H21N3O5S/c26-22(23-16-15-17-7-3-1-4-8-17)21(18-9-5-2-6-10-18)24-31(29,30)20-13-11-19(12-14-20)25(27)28/h1-14,21,24H,15-16H2,(H,23,26). The molecule has 0 aliphatic carbocycles. The minimum atomic E-state index is -4.11. The van der Waals surface area contributed by atoms with Crippen LogP contribution in [0.3, 0.4) is 0 Å². The Hall–Kier alpha value is -3.56. The van der Waals surface area contributed by atoms with E-state index in [4.69, 9.17) is 0 Å². The van der Waals surface area contributed by atoms with Crippen LogP contribution in [0.2, 0.25) is 0 Å². The third-order valence-corrected chi connectivity index (χ3v) is 6.02. The molecule has 0 spiro atoms. The molecule has 0 bridgehead atoms. The van der Waals surface area contributed by atoms with Crippen molar-refractivity contribution in [1.82, 2.24) is 10.0 Å². The monoisotopic (exact) mass is 439 g/mol. The fourth-order valence-electron chi connectivity index (χ4n) is 2.97. The minimum Gasteiger partial charge on any atom is -0.354 e. The number of non-ortho nitro benzene ring substituents is 1. The van der Waals surface area contributed by atoms with Gasteiger partial charge in [-0.2, -0.15) is 4.72 Å². The van der Waals surface area contributed by atoms with Crippen molar-refractivity contribution in [3.8, 4) is 0 Å². The van der Waals surface area contributed by atoms with Gasteiger partial charge in [0.15, 0.2) is 0 Å². The molecule has 0 saturated heterocycles. The smallest absolute Gasteiger partial charge is 0.269 e. The number of sulfonamides is 1. The van der Waals surface area contributed by atoms with Gasteiger partial charge in [0.25, 0.3) is 5.69 Å².